The Morgan fingerprint density at radius 3 is 2.47 bits per heavy atom. The summed E-state index contributed by atoms with van der Waals surface area (Å²) in [5.41, 5.74) is 2.98. The molecule has 9 heteroatoms. The first kappa shape index (κ1) is 20.3. The number of nitrogens with one attached hydrogen (secondary N) is 1. The van der Waals surface area contributed by atoms with Crippen molar-refractivity contribution in [2.24, 2.45) is 0 Å². The third-order valence-corrected chi connectivity index (χ3v) is 5.40. The molecule has 1 N–H and O–H groups in total. The van der Waals surface area contributed by atoms with E-state index in [1.165, 1.54) is 0 Å². The van der Waals surface area contributed by atoms with Crippen molar-refractivity contribution in [1.29, 1.82) is 0 Å². The van der Waals surface area contributed by atoms with E-state index >= 15 is 0 Å². The monoisotopic (exact) mass is 484 g/mol. The molecule has 0 unspecified atom stereocenters. The van der Waals surface area contributed by atoms with E-state index in [4.69, 9.17) is 11.6 Å². The van der Waals surface area contributed by atoms with E-state index in [9.17, 15) is 4.79 Å². The van der Waals surface area contributed by atoms with Crippen LogP contribution in [0.5, 0.6) is 0 Å². The lowest BCUT2D eigenvalue weighted by atomic mass is 10.2. The zero-order valence-electron chi connectivity index (χ0n) is 16.1. The van der Waals surface area contributed by atoms with E-state index in [2.05, 4.69) is 36.4 Å². The van der Waals surface area contributed by atoms with Crippen LogP contribution in [-0.4, -0.2) is 30.5 Å². The summed E-state index contributed by atoms with van der Waals surface area (Å²) < 4.78 is 4.28. The number of carbonyl (C=O) groups excluding carboxylic acids is 1. The quantitative estimate of drug-likeness (QED) is 0.435. The summed E-state index contributed by atoms with van der Waals surface area (Å²) in [6, 6.07) is 17.7. The first-order valence-corrected chi connectivity index (χ1v) is 10.4. The molecule has 4 rings (SSSR count). The van der Waals surface area contributed by atoms with Gasteiger partial charge in [-0.3, -0.25) is 10.1 Å². The molecule has 1 amide bonds. The molecule has 0 aliphatic rings. The van der Waals surface area contributed by atoms with Gasteiger partial charge in [-0.25, -0.2) is 14.3 Å². The highest BCUT2D eigenvalue weighted by Crippen LogP contribution is 2.22. The Balaban J connectivity index is 1.46. The molecule has 0 atom stereocenters. The Labute approximate surface area is 186 Å². The maximum atomic E-state index is 12.8. The Bertz CT molecular complexity index is 1170. The van der Waals surface area contributed by atoms with Gasteiger partial charge < -0.3 is 0 Å². The lowest BCUT2D eigenvalue weighted by molar-refractivity contribution is 0.102. The maximum absolute atomic E-state index is 12.8. The number of aryl methyl sites for hydroxylation is 1. The summed E-state index contributed by atoms with van der Waals surface area (Å²) in [6.07, 6.45) is 1.57. The zero-order chi connectivity index (χ0) is 21.1. The fourth-order valence-electron chi connectivity index (χ4n) is 3.04. The summed E-state index contributed by atoms with van der Waals surface area (Å²) >= 11 is 9.87. The van der Waals surface area contributed by atoms with E-state index in [1.807, 2.05) is 54.6 Å². The van der Waals surface area contributed by atoms with E-state index in [1.54, 1.807) is 22.6 Å². The molecule has 2 aromatic carbocycles. The Kier molecular flexibility index (Phi) is 5.96. The first-order valence-electron chi connectivity index (χ1n) is 9.21. The number of benzene rings is 2. The molecule has 2 aromatic heterocycles. The Morgan fingerprint density at radius 2 is 1.73 bits per heavy atom. The van der Waals surface area contributed by atoms with Crippen molar-refractivity contribution in [2.75, 3.05) is 5.32 Å². The van der Waals surface area contributed by atoms with Crippen molar-refractivity contribution in [3.8, 4) is 0 Å². The van der Waals surface area contributed by atoms with E-state index in [-0.39, 0.29) is 11.1 Å². The zero-order valence-corrected chi connectivity index (χ0v) is 18.4. The minimum absolute atomic E-state index is 0.211. The molecule has 4 aromatic rings. The minimum Gasteiger partial charge on any atom is -0.289 e. The largest absolute Gasteiger partial charge is 0.289 e. The van der Waals surface area contributed by atoms with Gasteiger partial charge in [0.1, 0.15) is 11.5 Å². The van der Waals surface area contributed by atoms with Crippen molar-refractivity contribution in [3.05, 3.63) is 92.9 Å². The van der Waals surface area contributed by atoms with Crippen molar-refractivity contribution in [3.63, 3.8) is 0 Å². The van der Waals surface area contributed by atoms with Crippen LogP contribution in [0.15, 0.2) is 65.4 Å². The third-order valence-electron chi connectivity index (χ3n) is 4.49. The van der Waals surface area contributed by atoms with Gasteiger partial charge in [0.25, 0.3) is 5.91 Å². The van der Waals surface area contributed by atoms with Gasteiger partial charge >= 0.3 is 0 Å². The first-order chi connectivity index (χ1) is 14.5. The number of amides is 1. The van der Waals surface area contributed by atoms with Gasteiger partial charge in [-0.05, 0) is 30.2 Å². The van der Waals surface area contributed by atoms with Crippen LogP contribution in [-0.2, 0) is 13.1 Å². The van der Waals surface area contributed by atoms with Crippen LogP contribution >= 0.6 is 27.5 Å². The number of anilines is 1. The molecule has 0 saturated heterocycles. The van der Waals surface area contributed by atoms with Crippen molar-refractivity contribution in [2.45, 2.75) is 20.0 Å². The second-order valence-electron chi connectivity index (χ2n) is 6.74. The number of nitrogens with zero attached hydrogens (tertiary/aromatic N) is 5. The molecule has 0 bridgehead atoms. The summed E-state index contributed by atoms with van der Waals surface area (Å²) in [7, 11) is 0. The van der Waals surface area contributed by atoms with Gasteiger partial charge in [0, 0.05) is 4.47 Å². The number of hydrogen-bond donors (Lipinski definition) is 1. The molecule has 0 saturated carbocycles. The lowest BCUT2D eigenvalue weighted by Gasteiger charge is -2.04. The highest BCUT2D eigenvalue weighted by molar-refractivity contribution is 9.10. The Hall–Kier alpha value is -2.97. The van der Waals surface area contributed by atoms with Crippen LogP contribution in [0.1, 0.15) is 27.2 Å². The molecular formula is C21H18BrClN6O. The summed E-state index contributed by atoms with van der Waals surface area (Å²) in [5, 5.41) is 11.7. The third kappa shape index (κ3) is 4.60. The van der Waals surface area contributed by atoms with E-state index in [0.717, 1.165) is 15.6 Å². The predicted molar refractivity (Wildman–Crippen MR) is 119 cm³/mol. The SMILES string of the molecule is Cc1nn(Cc2ccccc2)c(Cl)c1C(=O)Nc1ncn(Cc2ccc(Br)cc2)n1. The highest BCUT2D eigenvalue weighted by Gasteiger charge is 2.21. The van der Waals surface area contributed by atoms with Crippen LogP contribution in [0.4, 0.5) is 5.95 Å². The molecule has 0 fully saturated rings. The molecule has 152 valence electrons. The van der Waals surface area contributed by atoms with Crippen molar-refractivity contribution < 1.29 is 4.79 Å². The summed E-state index contributed by atoms with van der Waals surface area (Å²) in [4.78, 5) is 17.0. The summed E-state index contributed by atoms with van der Waals surface area (Å²) in [5.74, 6) is -0.179. The van der Waals surface area contributed by atoms with Crippen LogP contribution in [0.3, 0.4) is 0 Å². The molecular weight excluding hydrogens is 468 g/mol. The lowest BCUT2D eigenvalue weighted by Crippen LogP contribution is -2.15. The van der Waals surface area contributed by atoms with Crippen molar-refractivity contribution >= 4 is 39.4 Å². The van der Waals surface area contributed by atoms with Crippen LogP contribution in [0.25, 0.3) is 0 Å². The number of aromatic nitrogens is 5. The second kappa shape index (κ2) is 8.81. The Morgan fingerprint density at radius 1 is 1.03 bits per heavy atom. The number of carbonyl (C=O) groups is 1. The molecule has 0 radical (unpaired) electrons. The maximum Gasteiger partial charge on any atom is 0.263 e. The van der Waals surface area contributed by atoms with Gasteiger partial charge in [0.15, 0.2) is 0 Å². The standard InChI is InChI=1S/C21H18BrClN6O/c1-14-18(19(23)29(26-14)12-15-5-3-2-4-6-15)20(30)25-21-24-13-28(27-21)11-16-7-9-17(22)10-8-16/h2-10,13H,11-12H2,1H3,(H,25,27,30). The van der Waals surface area contributed by atoms with Crippen LogP contribution < -0.4 is 5.32 Å². The van der Waals surface area contributed by atoms with E-state index < -0.39 is 5.91 Å². The van der Waals surface area contributed by atoms with E-state index in [0.29, 0.717) is 24.3 Å². The van der Waals surface area contributed by atoms with Crippen LogP contribution in [0.2, 0.25) is 5.15 Å². The van der Waals surface area contributed by atoms with Gasteiger partial charge in [0.05, 0.1) is 24.3 Å². The number of halogens is 2. The van der Waals surface area contributed by atoms with Gasteiger partial charge in [-0.1, -0.05) is 70.0 Å². The van der Waals surface area contributed by atoms with Crippen molar-refractivity contribution in [1.82, 2.24) is 24.5 Å². The average molecular weight is 486 g/mol. The molecule has 30 heavy (non-hydrogen) atoms. The van der Waals surface area contributed by atoms with Crippen LogP contribution in [0, 0.1) is 6.92 Å². The topological polar surface area (TPSA) is 77.6 Å². The minimum atomic E-state index is -0.391. The normalized spacial score (nSPS) is 10.9. The number of rotatable bonds is 6. The fourth-order valence-corrected chi connectivity index (χ4v) is 3.63. The van der Waals surface area contributed by atoms with Gasteiger partial charge in [-0.15, -0.1) is 5.10 Å². The molecule has 0 aliphatic heterocycles. The number of hydrogen-bond acceptors (Lipinski definition) is 4. The highest BCUT2D eigenvalue weighted by atomic mass is 79.9. The van der Waals surface area contributed by atoms with Gasteiger partial charge in [-0.2, -0.15) is 5.10 Å². The summed E-state index contributed by atoms with van der Waals surface area (Å²) in [6.45, 7) is 2.78. The fraction of sp³-hybridized carbons (Fsp3) is 0.143. The smallest absolute Gasteiger partial charge is 0.263 e. The molecule has 0 spiro atoms. The average Bonchev–Trinajstić information content (AvgIpc) is 3.28. The molecule has 7 nitrogen and oxygen atoms in total. The molecule has 0 aliphatic carbocycles. The van der Waals surface area contributed by atoms with Gasteiger partial charge in [0.2, 0.25) is 5.95 Å². The predicted octanol–water partition coefficient (Wildman–Crippen LogP) is 4.55. The molecule has 2 heterocycles. The second-order valence-corrected chi connectivity index (χ2v) is 8.01.